The number of hydrogen-bond acceptors (Lipinski definition) is 5. The van der Waals surface area contributed by atoms with Crippen molar-refractivity contribution >= 4 is 28.7 Å². The molecule has 0 saturated heterocycles. The SMILES string of the molecule is CN1C(=O)Cc2cc(-c3cc(Nc4cc(C(C)(C)O)n(C)n4)c4nccn4c3)ccc21. The first-order valence-electron chi connectivity index (χ1n) is 10.1. The summed E-state index contributed by atoms with van der Waals surface area (Å²) < 4.78 is 3.63. The van der Waals surface area contributed by atoms with Gasteiger partial charge in [0.05, 0.1) is 17.8 Å². The molecule has 31 heavy (non-hydrogen) atoms. The third kappa shape index (κ3) is 3.25. The first kappa shape index (κ1) is 19.3. The molecule has 8 nitrogen and oxygen atoms in total. The number of aliphatic hydroxyl groups is 1. The minimum Gasteiger partial charge on any atom is -0.384 e. The smallest absolute Gasteiger partial charge is 0.231 e. The Labute approximate surface area is 179 Å². The van der Waals surface area contributed by atoms with Gasteiger partial charge in [-0.2, -0.15) is 5.10 Å². The van der Waals surface area contributed by atoms with E-state index in [1.165, 1.54) is 0 Å². The Morgan fingerprint density at radius 1 is 1.13 bits per heavy atom. The summed E-state index contributed by atoms with van der Waals surface area (Å²) >= 11 is 0. The molecule has 1 aliphatic heterocycles. The first-order valence-corrected chi connectivity index (χ1v) is 10.1. The number of aryl methyl sites for hydroxylation is 1. The second kappa shape index (κ2) is 6.68. The van der Waals surface area contributed by atoms with Crippen LogP contribution in [0.15, 0.2) is 48.9 Å². The lowest BCUT2D eigenvalue weighted by molar-refractivity contribution is -0.117. The lowest BCUT2D eigenvalue weighted by atomic mass is 10.0. The van der Waals surface area contributed by atoms with Gasteiger partial charge >= 0.3 is 0 Å². The van der Waals surface area contributed by atoms with Gasteiger partial charge in [0, 0.05) is 50.0 Å². The maximum Gasteiger partial charge on any atom is 0.231 e. The Kier molecular flexibility index (Phi) is 4.16. The van der Waals surface area contributed by atoms with Crippen LogP contribution in [0.3, 0.4) is 0 Å². The number of hydrogen-bond donors (Lipinski definition) is 2. The van der Waals surface area contributed by atoms with Gasteiger partial charge in [-0.3, -0.25) is 9.48 Å². The van der Waals surface area contributed by atoms with Crippen molar-refractivity contribution in [2.75, 3.05) is 17.3 Å². The van der Waals surface area contributed by atoms with Crippen molar-refractivity contribution in [2.24, 2.45) is 7.05 Å². The zero-order valence-electron chi connectivity index (χ0n) is 17.9. The van der Waals surface area contributed by atoms with E-state index in [1.807, 2.05) is 55.2 Å². The fraction of sp³-hybridized carbons (Fsp3) is 0.261. The number of carbonyl (C=O) groups excluding carboxylic acids is 1. The normalized spacial score (nSPS) is 13.8. The maximum absolute atomic E-state index is 12.1. The van der Waals surface area contributed by atoms with E-state index in [0.29, 0.717) is 17.9 Å². The Morgan fingerprint density at radius 2 is 1.94 bits per heavy atom. The van der Waals surface area contributed by atoms with Crippen LogP contribution >= 0.6 is 0 Å². The van der Waals surface area contributed by atoms with Gasteiger partial charge in [-0.15, -0.1) is 0 Å². The third-order valence-electron chi connectivity index (χ3n) is 5.75. The average molecular weight is 416 g/mol. The summed E-state index contributed by atoms with van der Waals surface area (Å²) in [5.41, 5.74) is 5.30. The number of likely N-dealkylation sites (N-methyl/N-ethyl adjacent to an activating group) is 1. The van der Waals surface area contributed by atoms with Crippen LogP contribution in [0.2, 0.25) is 0 Å². The topological polar surface area (TPSA) is 87.7 Å². The lowest BCUT2D eigenvalue weighted by Gasteiger charge is -2.16. The van der Waals surface area contributed by atoms with Crippen molar-refractivity contribution in [3.63, 3.8) is 0 Å². The highest BCUT2D eigenvalue weighted by molar-refractivity contribution is 6.01. The molecule has 0 atom stereocenters. The number of rotatable bonds is 4. The molecule has 0 aliphatic carbocycles. The Morgan fingerprint density at radius 3 is 2.68 bits per heavy atom. The van der Waals surface area contributed by atoms with E-state index in [4.69, 9.17) is 0 Å². The van der Waals surface area contributed by atoms with E-state index in [9.17, 15) is 9.90 Å². The van der Waals surface area contributed by atoms with Crippen molar-refractivity contribution < 1.29 is 9.90 Å². The lowest BCUT2D eigenvalue weighted by Crippen LogP contribution is -2.20. The molecule has 2 N–H and O–H groups in total. The van der Waals surface area contributed by atoms with Gasteiger partial charge in [-0.05, 0) is 43.2 Å². The summed E-state index contributed by atoms with van der Waals surface area (Å²) in [7, 11) is 3.62. The molecule has 8 heteroatoms. The van der Waals surface area contributed by atoms with E-state index in [1.54, 1.807) is 29.6 Å². The zero-order chi connectivity index (χ0) is 21.9. The summed E-state index contributed by atoms with van der Waals surface area (Å²) in [6.45, 7) is 3.47. The van der Waals surface area contributed by atoms with Crippen molar-refractivity contribution in [2.45, 2.75) is 25.9 Å². The standard InChI is InChI=1S/C23H24N6O2/c1-23(2,31)19-12-20(26-28(19)4)25-17-10-16(13-29-8-7-24-22(17)29)14-5-6-18-15(9-14)11-21(30)27(18)3/h5-10,12-13,31H,11H2,1-4H3,(H,25,26). The Balaban J connectivity index is 1.56. The van der Waals surface area contributed by atoms with Crippen molar-refractivity contribution in [1.82, 2.24) is 19.2 Å². The summed E-state index contributed by atoms with van der Waals surface area (Å²) in [5, 5.41) is 18.2. The number of anilines is 3. The van der Waals surface area contributed by atoms with Crippen molar-refractivity contribution in [3.05, 3.63) is 60.2 Å². The molecule has 0 saturated carbocycles. The molecule has 1 aromatic carbocycles. The molecule has 0 fully saturated rings. The molecule has 4 heterocycles. The molecule has 3 aromatic heterocycles. The first-order chi connectivity index (χ1) is 14.7. The second-order valence-corrected chi connectivity index (χ2v) is 8.50. The molecule has 1 amide bonds. The van der Waals surface area contributed by atoms with Crippen molar-refractivity contribution in [3.8, 4) is 11.1 Å². The molecule has 0 unspecified atom stereocenters. The molecular formula is C23H24N6O2. The number of carbonyl (C=O) groups is 1. The van der Waals surface area contributed by atoms with Gasteiger partial charge in [0.25, 0.3) is 0 Å². The highest BCUT2D eigenvalue weighted by Crippen LogP contribution is 2.34. The molecule has 4 aromatic rings. The van der Waals surface area contributed by atoms with E-state index >= 15 is 0 Å². The molecular weight excluding hydrogens is 392 g/mol. The highest BCUT2D eigenvalue weighted by Gasteiger charge is 2.24. The number of nitrogens with one attached hydrogen (secondary N) is 1. The number of aromatic nitrogens is 4. The summed E-state index contributed by atoms with van der Waals surface area (Å²) in [6.07, 6.45) is 6.10. The highest BCUT2D eigenvalue weighted by atomic mass is 16.3. The summed E-state index contributed by atoms with van der Waals surface area (Å²) in [4.78, 5) is 18.2. The minimum absolute atomic E-state index is 0.109. The van der Waals surface area contributed by atoms with Crippen LogP contribution in [-0.4, -0.2) is 37.2 Å². The largest absolute Gasteiger partial charge is 0.384 e. The zero-order valence-corrected chi connectivity index (χ0v) is 17.9. The van der Waals surface area contributed by atoms with Crippen LogP contribution in [0.5, 0.6) is 0 Å². The van der Waals surface area contributed by atoms with Gasteiger partial charge in [0.1, 0.15) is 5.60 Å². The van der Waals surface area contributed by atoms with Crippen molar-refractivity contribution in [1.29, 1.82) is 0 Å². The molecule has 0 spiro atoms. The predicted octanol–water partition coefficient (Wildman–Crippen LogP) is 3.22. The molecule has 0 bridgehead atoms. The number of benzene rings is 1. The predicted molar refractivity (Wildman–Crippen MR) is 119 cm³/mol. The van der Waals surface area contributed by atoms with Gasteiger partial charge in [0.15, 0.2) is 11.5 Å². The molecule has 5 rings (SSSR count). The van der Waals surface area contributed by atoms with Crippen LogP contribution in [-0.2, 0) is 23.9 Å². The summed E-state index contributed by atoms with van der Waals surface area (Å²) in [6, 6.07) is 9.97. The van der Waals surface area contributed by atoms with E-state index in [-0.39, 0.29) is 5.91 Å². The number of imidazole rings is 1. The maximum atomic E-state index is 12.1. The Bertz CT molecular complexity index is 1330. The van der Waals surface area contributed by atoms with Crippen LogP contribution < -0.4 is 10.2 Å². The number of pyridine rings is 1. The second-order valence-electron chi connectivity index (χ2n) is 8.50. The minimum atomic E-state index is -0.999. The fourth-order valence-corrected chi connectivity index (χ4v) is 4.17. The van der Waals surface area contributed by atoms with Crippen LogP contribution in [0.25, 0.3) is 16.8 Å². The molecule has 158 valence electrons. The number of nitrogens with zero attached hydrogens (tertiary/aromatic N) is 5. The van der Waals surface area contributed by atoms with E-state index < -0.39 is 5.60 Å². The quantitative estimate of drug-likeness (QED) is 0.533. The number of amides is 1. The summed E-state index contributed by atoms with van der Waals surface area (Å²) in [5.74, 6) is 0.736. The van der Waals surface area contributed by atoms with Crippen LogP contribution in [0.4, 0.5) is 17.2 Å². The monoisotopic (exact) mass is 416 g/mol. The van der Waals surface area contributed by atoms with Gasteiger partial charge in [-0.25, -0.2) is 4.98 Å². The third-order valence-corrected chi connectivity index (χ3v) is 5.75. The van der Waals surface area contributed by atoms with Gasteiger partial charge in [0.2, 0.25) is 5.91 Å². The van der Waals surface area contributed by atoms with Crippen LogP contribution in [0, 0.1) is 0 Å². The fourth-order valence-electron chi connectivity index (χ4n) is 4.17. The van der Waals surface area contributed by atoms with Gasteiger partial charge < -0.3 is 19.7 Å². The van der Waals surface area contributed by atoms with Gasteiger partial charge in [-0.1, -0.05) is 6.07 Å². The number of fused-ring (bicyclic) bond motifs is 2. The molecule has 0 radical (unpaired) electrons. The average Bonchev–Trinajstić information content (AvgIpc) is 3.39. The van der Waals surface area contributed by atoms with E-state index in [0.717, 1.165) is 33.7 Å². The Hall–Kier alpha value is -3.65. The van der Waals surface area contributed by atoms with Crippen LogP contribution in [0.1, 0.15) is 25.1 Å². The van der Waals surface area contributed by atoms with E-state index in [2.05, 4.69) is 21.5 Å². The molecule has 1 aliphatic rings.